The Hall–Kier alpha value is -2.93. The summed E-state index contributed by atoms with van der Waals surface area (Å²) in [5.41, 5.74) is 6.60. The molecule has 178 valence electrons. The predicted molar refractivity (Wildman–Crippen MR) is 158 cm³/mol. The van der Waals surface area contributed by atoms with Gasteiger partial charge in [0.05, 0.1) is 0 Å². The fourth-order valence-electron chi connectivity index (χ4n) is 3.72. The van der Waals surface area contributed by atoms with Crippen LogP contribution in [0.15, 0.2) is 133 Å². The molecule has 0 radical (unpaired) electrons. The third-order valence-electron chi connectivity index (χ3n) is 5.27. The van der Waals surface area contributed by atoms with Crippen LogP contribution >= 0.6 is 0 Å². The zero-order valence-electron chi connectivity index (χ0n) is 21.4. The van der Waals surface area contributed by atoms with Gasteiger partial charge in [0, 0.05) is 0 Å². The molecule has 0 aromatic heterocycles. The van der Waals surface area contributed by atoms with Crippen LogP contribution in [0, 0.1) is 6.92 Å². The molecule has 2 heteroatoms. The summed E-state index contributed by atoms with van der Waals surface area (Å²) < 4.78 is 0. The normalized spacial score (nSPS) is 10.5. The molecule has 5 rings (SSSR count). The van der Waals surface area contributed by atoms with Gasteiger partial charge in [-0.2, -0.15) is 6.07 Å². The van der Waals surface area contributed by atoms with Gasteiger partial charge in [-0.1, -0.05) is 134 Å². The number of aryl methyl sites for hydroxylation is 1. The molecule has 0 nitrogen and oxygen atoms in total. The van der Waals surface area contributed by atoms with E-state index in [4.69, 9.17) is 0 Å². The molecule has 0 saturated carbocycles. The third kappa shape index (κ3) is 9.61. The minimum atomic E-state index is 0.210. The number of allylic oxidation sites excluding steroid dienone is 2. The smallest absolute Gasteiger partial charge is 0.0279 e. The summed E-state index contributed by atoms with van der Waals surface area (Å²) in [5.74, 6) is 0. The Morgan fingerprint density at radius 2 is 1.11 bits per heavy atom. The van der Waals surface area contributed by atoms with E-state index in [2.05, 4.69) is 129 Å². The molecule has 0 atom stereocenters. The first-order valence-electron chi connectivity index (χ1n) is 12.2. The Balaban J connectivity index is 0.000000175. The van der Waals surface area contributed by atoms with Crippen LogP contribution in [0.4, 0.5) is 0 Å². The topological polar surface area (TPSA) is 0 Å². The molecule has 0 aliphatic carbocycles. The van der Waals surface area contributed by atoms with Crippen LogP contribution in [0.3, 0.4) is 0 Å². The third-order valence-corrected chi connectivity index (χ3v) is 5.27. The van der Waals surface area contributed by atoms with Gasteiger partial charge >= 0.3 is 41.9 Å². The summed E-state index contributed by atoms with van der Waals surface area (Å²) in [4.78, 5) is 0. The molecule has 0 aliphatic rings. The van der Waals surface area contributed by atoms with Crippen LogP contribution in [-0.4, -0.2) is 5.43 Å². The maximum absolute atomic E-state index is 2.31. The minimum absolute atomic E-state index is 0.210. The van der Waals surface area contributed by atoms with Crippen molar-refractivity contribution in [2.75, 3.05) is 0 Å². The van der Waals surface area contributed by atoms with Crippen LogP contribution in [0.5, 0.6) is 0 Å². The molecule has 5 aromatic carbocycles. The molecule has 0 spiro atoms. The number of hydrogen-bond donors (Lipinski definition) is 0. The van der Waals surface area contributed by atoms with E-state index in [1.165, 1.54) is 38.6 Å². The predicted octanol–water partition coefficient (Wildman–Crippen LogP) is 9.73. The van der Waals surface area contributed by atoms with Gasteiger partial charge in [-0.15, -0.1) is 34.5 Å². The van der Waals surface area contributed by atoms with Crippen molar-refractivity contribution < 1.29 is 23.3 Å². The van der Waals surface area contributed by atoms with Crippen molar-refractivity contribution >= 4 is 28.4 Å². The zero-order chi connectivity index (χ0) is 25.6. The summed E-state index contributed by atoms with van der Waals surface area (Å²) in [6.07, 6.45) is 8.31. The van der Waals surface area contributed by atoms with Crippen LogP contribution in [0.2, 0.25) is 13.1 Å². The summed E-state index contributed by atoms with van der Waals surface area (Å²) in [6.45, 7) is 6.76. The van der Waals surface area contributed by atoms with E-state index < -0.39 is 0 Å². The molecule has 0 saturated heterocycles. The first-order valence-corrected chi connectivity index (χ1v) is 18.4. The Labute approximate surface area is 231 Å². The molecule has 0 unspecified atom stereocenters. The first kappa shape index (κ1) is 27.7. The molecule has 0 aliphatic heterocycles. The Kier molecular flexibility index (Phi) is 11.7. The maximum Gasteiger partial charge on any atom is -0.0279 e. The molecule has 36 heavy (non-hydrogen) atoms. The van der Waals surface area contributed by atoms with Crippen LogP contribution < -0.4 is 0 Å². The molecule has 0 heterocycles. The Morgan fingerprint density at radius 3 is 1.61 bits per heavy atom. The van der Waals surface area contributed by atoms with E-state index >= 15 is 0 Å². The van der Waals surface area contributed by atoms with Crippen molar-refractivity contribution in [1.82, 2.24) is 0 Å². The second-order valence-corrected chi connectivity index (χ2v) is 18.1. The average Bonchev–Trinajstić information content (AvgIpc) is 3.29. The number of hydrogen-bond acceptors (Lipinski definition) is 0. The first-order chi connectivity index (χ1) is 17.5. The number of fused-ring (bicyclic) bond motifs is 1. The van der Waals surface area contributed by atoms with Gasteiger partial charge in [0.25, 0.3) is 0 Å². The van der Waals surface area contributed by atoms with E-state index in [9.17, 15) is 0 Å². The maximum atomic E-state index is 2.31. The van der Waals surface area contributed by atoms with Crippen LogP contribution in [0.1, 0.15) is 16.7 Å². The molecule has 0 bridgehead atoms. The van der Waals surface area contributed by atoms with Crippen molar-refractivity contribution in [1.29, 1.82) is 0 Å². The van der Waals surface area contributed by atoms with E-state index in [-0.39, 0.29) is 5.43 Å². The quantitative estimate of drug-likeness (QED) is 0.117. The van der Waals surface area contributed by atoms with Gasteiger partial charge < -0.3 is 0 Å². The average molecular weight is 561 g/mol. The summed E-state index contributed by atoms with van der Waals surface area (Å²) >= 11 is 1.74. The largest absolute Gasteiger partial charge is 0.165 e. The second kappa shape index (κ2) is 15.2. The van der Waals surface area contributed by atoms with Gasteiger partial charge in [0.1, 0.15) is 0 Å². The van der Waals surface area contributed by atoms with Gasteiger partial charge in [-0.3, -0.25) is 0 Å². The fraction of sp³-hybridized carbons (Fsp3) is 0.0882. The van der Waals surface area contributed by atoms with Gasteiger partial charge in [0.15, 0.2) is 0 Å². The summed E-state index contributed by atoms with van der Waals surface area (Å²) in [6, 6.07) is 42.1. The van der Waals surface area contributed by atoms with E-state index in [0.717, 1.165) is 0 Å². The van der Waals surface area contributed by atoms with Gasteiger partial charge in [-0.05, 0) is 16.7 Å². The van der Waals surface area contributed by atoms with Gasteiger partial charge in [0.2, 0.25) is 0 Å². The van der Waals surface area contributed by atoms with Gasteiger partial charge in [-0.25, -0.2) is 0 Å². The SMILES string of the molecule is C(C=Cc1ccccc1)=Cc1ccccc1.C[Si](C)=[Zr].Cc1cc2c(-c3ccccc3)cccc2[cH-]1. The van der Waals surface area contributed by atoms with E-state index in [1.54, 1.807) is 23.3 Å². The molecular weight excluding hydrogens is 528 g/mol. The second-order valence-electron chi connectivity index (χ2n) is 8.75. The minimum Gasteiger partial charge on any atom is -0.165 e. The number of benzene rings is 4. The van der Waals surface area contributed by atoms with Crippen molar-refractivity contribution in [3.05, 3.63) is 150 Å². The monoisotopic (exact) mass is 559 g/mol. The van der Waals surface area contributed by atoms with Crippen molar-refractivity contribution in [2.24, 2.45) is 0 Å². The van der Waals surface area contributed by atoms with Crippen molar-refractivity contribution in [3.63, 3.8) is 0 Å². The van der Waals surface area contributed by atoms with E-state index in [1.807, 2.05) is 36.4 Å². The molecule has 0 N–H and O–H groups in total. The fourth-order valence-corrected chi connectivity index (χ4v) is 3.72. The Morgan fingerprint density at radius 1 is 0.639 bits per heavy atom. The molecule has 0 amide bonds. The van der Waals surface area contributed by atoms with Crippen LogP contribution in [-0.2, 0) is 23.3 Å². The molecular formula is C34H33SiZr-. The zero-order valence-corrected chi connectivity index (χ0v) is 24.8. The number of rotatable bonds is 4. The summed E-state index contributed by atoms with van der Waals surface area (Å²) in [7, 11) is 0. The molecule has 0 fully saturated rings. The van der Waals surface area contributed by atoms with Crippen molar-refractivity contribution in [3.8, 4) is 11.1 Å². The van der Waals surface area contributed by atoms with E-state index in [0.29, 0.717) is 0 Å². The Bertz CT molecular complexity index is 1340. The van der Waals surface area contributed by atoms with Crippen molar-refractivity contribution in [2.45, 2.75) is 20.0 Å². The molecule has 5 aromatic rings. The summed E-state index contributed by atoms with van der Waals surface area (Å²) in [5, 5.41) is 2.69. The van der Waals surface area contributed by atoms with Crippen LogP contribution in [0.25, 0.3) is 34.1 Å². The standard InChI is InChI=1S/C16H13.C16H14.C2H6Si.Zr/c1-12-10-14-8-5-9-15(16(14)11-12)13-6-3-2-4-7-13;1-3-9-15(10-4-1)13-7-8-14-16-11-5-2-6-12-16;1-3-2;/h2-11H,1H3;1-14H;1-2H3;/q-1;;;.